The zero-order valence-corrected chi connectivity index (χ0v) is 16.1. The van der Waals surface area contributed by atoms with E-state index in [1.54, 1.807) is 0 Å². The summed E-state index contributed by atoms with van der Waals surface area (Å²) in [5.74, 6) is 0. The van der Waals surface area contributed by atoms with Crippen molar-refractivity contribution in [2.24, 2.45) is 0 Å². The second-order valence-corrected chi connectivity index (χ2v) is 17.2. The van der Waals surface area contributed by atoms with Crippen LogP contribution in [0.1, 0.15) is 39.5 Å². The molecule has 0 saturated carbocycles. The van der Waals surface area contributed by atoms with E-state index in [0.717, 1.165) is 6.61 Å². The van der Waals surface area contributed by atoms with Crippen molar-refractivity contribution in [1.29, 1.82) is 0 Å². The van der Waals surface area contributed by atoms with E-state index in [0.29, 0.717) is 6.10 Å². The highest BCUT2D eigenvalue weighted by atomic mass is 28.4. The first-order chi connectivity index (χ1) is 8.83. The molecule has 114 valence electrons. The predicted molar refractivity (Wildman–Crippen MR) is 90.8 cm³/mol. The van der Waals surface area contributed by atoms with E-state index < -0.39 is 16.5 Å². The summed E-state index contributed by atoms with van der Waals surface area (Å²) in [6, 6.07) is 2.91. The first-order valence-corrected chi connectivity index (χ1v) is 14.5. The van der Waals surface area contributed by atoms with Crippen molar-refractivity contribution in [2.75, 3.05) is 13.2 Å². The summed E-state index contributed by atoms with van der Waals surface area (Å²) in [6.45, 7) is 17.2. The molecule has 0 aromatic heterocycles. The second kappa shape index (κ2) is 7.39. The molecule has 0 aliphatic carbocycles. The average Bonchev–Trinajstić information content (AvgIpc) is 3.14. The number of epoxide rings is 1. The van der Waals surface area contributed by atoms with Gasteiger partial charge in [-0.1, -0.05) is 65.7 Å². The smallest absolute Gasteiger partial charge is 0.115 e. The third kappa shape index (κ3) is 5.70. The molecule has 0 amide bonds. The van der Waals surface area contributed by atoms with E-state index in [1.807, 2.05) is 0 Å². The molecule has 4 heteroatoms. The van der Waals surface area contributed by atoms with Gasteiger partial charge in [-0.25, -0.2) is 0 Å². The normalized spacial score (nSPS) is 20.1. The Morgan fingerprint density at radius 1 is 0.947 bits per heavy atom. The van der Waals surface area contributed by atoms with Crippen LogP contribution in [0.3, 0.4) is 0 Å². The minimum Gasteiger partial charge on any atom is -0.372 e. The summed E-state index contributed by atoms with van der Waals surface area (Å²) in [4.78, 5) is 0. The van der Waals surface area contributed by atoms with Gasteiger partial charge in [0.15, 0.2) is 0 Å². The molecular weight excluding hydrogens is 266 g/mol. The van der Waals surface area contributed by atoms with Gasteiger partial charge in [-0.2, -0.15) is 0 Å². The molecule has 0 aromatic rings. The fraction of sp³-hybridized carbons (Fsp3) is 1.00. The largest absolute Gasteiger partial charge is 0.372 e. The van der Waals surface area contributed by atoms with E-state index >= 15 is 0 Å². The van der Waals surface area contributed by atoms with Crippen LogP contribution >= 0.6 is 0 Å². The Labute approximate surface area is 123 Å². The maximum absolute atomic E-state index is 5.54. The molecule has 19 heavy (non-hydrogen) atoms. The van der Waals surface area contributed by atoms with Crippen molar-refractivity contribution in [2.45, 2.75) is 83.9 Å². The number of hydrogen-bond acceptors (Lipinski definition) is 2. The summed E-state index contributed by atoms with van der Waals surface area (Å²) in [6.07, 6.45) is 6.03. The lowest BCUT2D eigenvalue weighted by Gasteiger charge is -2.47. The van der Waals surface area contributed by atoms with Gasteiger partial charge in [0.1, 0.15) is 16.5 Å². The number of unbranched alkanes of at least 4 members (excludes halogenated alkanes) is 2. The summed E-state index contributed by atoms with van der Waals surface area (Å²) < 4.78 is 8.54. The lowest BCUT2D eigenvalue weighted by molar-refractivity contribution is 0.379. The van der Waals surface area contributed by atoms with Crippen molar-refractivity contribution < 1.29 is 4.74 Å². The van der Waals surface area contributed by atoms with E-state index in [4.69, 9.17) is 4.74 Å². The molecule has 1 rings (SSSR count). The molecule has 0 N–H and O–H groups in total. The van der Waals surface area contributed by atoms with Crippen LogP contribution in [0.4, 0.5) is 0 Å². The van der Waals surface area contributed by atoms with Crippen molar-refractivity contribution in [3.05, 3.63) is 0 Å². The SMILES string of the molecule is CCCC[Si](C)(C)N(CC1CO1)[Si](C)(C)CCCC. The Morgan fingerprint density at radius 2 is 1.37 bits per heavy atom. The third-order valence-corrected chi connectivity index (χ3v) is 14.6. The maximum Gasteiger partial charge on any atom is 0.115 e. The fourth-order valence-corrected chi connectivity index (χ4v) is 14.8. The van der Waals surface area contributed by atoms with E-state index in [2.05, 4.69) is 44.3 Å². The van der Waals surface area contributed by atoms with Crippen LogP contribution in [0.5, 0.6) is 0 Å². The first kappa shape index (κ1) is 17.4. The highest BCUT2D eigenvalue weighted by Gasteiger charge is 2.42. The molecule has 0 bridgehead atoms. The van der Waals surface area contributed by atoms with Gasteiger partial charge in [0, 0.05) is 6.54 Å². The summed E-state index contributed by atoms with van der Waals surface area (Å²) >= 11 is 0. The number of rotatable bonds is 10. The molecule has 1 aliphatic heterocycles. The van der Waals surface area contributed by atoms with Crippen LogP contribution in [0, 0.1) is 0 Å². The van der Waals surface area contributed by atoms with Crippen LogP contribution < -0.4 is 0 Å². The van der Waals surface area contributed by atoms with Crippen molar-refractivity contribution in [3.8, 4) is 0 Å². The van der Waals surface area contributed by atoms with Crippen LogP contribution in [0.25, 0.3) is 0 Å². The summed E-state index contributed by atoms with van der Waals surface area (Å²) in [5, 5.41) is 0. The standard InChI is InChI=1S/C15H35NOSi2/c1-7-9-11-18(3,4)16(13-15-14-17-15)19(5,6)12-10-8-2/h15H,7-14H2,1-6H3. The predicted octanol–water partition coefficient (Wildman–Crippen LogP) is 4.70. The minimum atomic E-state index is -1.25. The molecule has 1 saturated heterocycles. The molecule has 1 aliphatic rings. The molecule has 1 heterocycles. The van der Waals surface area contributed by atoms with Crippen molar-refractivity contribution >= 4 is 16.5 Å². The van der Waals surface area contributed by atoms with Crippen molar-refractivity contribution in [3.63, 3.8) is 0 Å². The van der Waals surface area contributed by atoms with Crippen LogP contribution in [-0.2, 0) is 4.74 Å². The molecule has 2 nitrogen and oxygen atoms in total. The van der Waals surface area contributed by atoms with Gasteiger partial charge < -0.3 is 8.97 Å². The average molecular weight is 302 g/mol. The third-order valence-electron chi connectivity index (χ3n) is 4.53. The Kier molecular flexibility index (Phi) is 6.77. The Balaban J connectivity index is 2.73. The van der Waals surface area contributed by atoms with Crippen LogP contribution in [0.2, 0.25) is 38.3 Å². The second-order valence-electron chi connectivity index (χ2n) is 7.40. The summed E-state index contributed by atoms with van der Waals surface area (Å²) in [5.41, 5.74) is 0. The Hall–Kier alpha value is 0.354. The lowest BCUT2D eigenvalue weighted by Crippen LogP contribution is -2.62. The van der Waals surface area contributed by atoms with E-state index in [1.165, 1.54) is 44.3 Å². The van der Waals surface area contributed by atoms with Gasteiger partial charge >= 0.3 is 0 Å². The topological polar surface area (TPSA) is 15.8 Å². The first-order valence-electron chi connectivity index (χ1n) is 8.23. The number of nitrogens with zero attached hydrogens (tertiary/aromatic N) is 1. The molecule has 1 unspecified atom stereocenters. The lowest BCUT2D eigenvalue weighted by atomic mass is 10.4. The minimum absolute atomic E-state index is 0.557. The molecule has 0 aromatic carbocycles. The Bertz CT molecular complexity index is 245. The zero-order chi connectivity index (χ0) is 14.5. The number of ether oxygens (including phenoxy) is 1. The van der Waals surface area contributed by atoms with Gasteiger partial charge in [0.25, 0.3) is 0 Å². The van der Waals surface area contributed by atoms with Gasteiger partial charge in [-0.3, -0.25) is 0 Å². The highest BCUT2D eigenvalue weighted by Crippen LogP contribution is 2.30. The molecular formula is C15H35NOSi2. The monoisotopic (exact) mass is 301 g/mol. The summed E-state index contributed by atoms with van der Waals surface area (Å²) in [7, 11) is -2.49. The zero-order valence-electron chi connectivity index (χ0n) is 14.1. The van der Waals surface area contributed by atoms with Gasteiger partial charge in [-0.15, -0.1) is 0 Å². The van der Waals surface area contributed by atoms with Gasteiger partial charge in [-0.05, 0) is 12.1 Å². The number of hydrogen-bond donors (Lipinski definition) is 0. The van der Waals surface area contributed by atoms with Crippen LogP contribution in [0.15, 0.2) is 0 Å². The van der Waals surface area contributed by atoms with E-state index in [-0.39, 0.29) is 0 Å². The quantitative estimate of drug-likeness (QED) is 0.429. The van der Waals surface area contributed by atoms with Crippen LogP contribution in [-0.4, -0.2) is 40.0 Å². The molecule has 1 fully saturated rings. The van der Waals surface area contributed by atoms with E-state index in [9.17, 15) is 0 Å². The fourth-order valence-electron chi connectivity index (χ4n) is 3.18. The highest BCUT2D eigenvalue weighted by molar-refractivity contribution is 6.90. The Morgan fingerprint density at radius 3 is 1.68 bits per heavy atom. The molecule has 0 spiro atoms. The molecule has 0 radical (unpaired) electrons. The van der Waals surface area contributed by atoms with Crippen molar-refractivity contribution in [1.82, 2.24) is 4.23 Å². The van der Waals surface area contributed by atoms with Gasteiger partial charge in [0.05, 0.1) is 12.7 Å². The maximum atomic E-state index is 5.54. The van der Waals surface area contributed by atoms with Gasteiger partial charge in [0.2, 0.25) is 0 Å². The molecule has 1 atom stereocenters.